The molecule has 3 aromatic rings. The summed E-state index contributed by atoms with van der Waals surface area (Å²) >= 11 is 1.55. The number of hydrogen-bond acceptors (Lipinski definition) is 5. The van der Waals surface area contributed by atoms with Gasteiger partial charge in [0.1, 0.15) is 5.75 Å². The second kappa shape index (κ2) is 7.07. The summed E-state index contributed by atoms with van der Waals surface area (Å²) in [6.07, 6.45) is 1.13. The molecule has 2 saturated heterocycles. The molecule has 28 heavy (non-hydrogen) atoms. The van der Waals surface area contributed by atoms with Gasteiger partial charge in [-0.3, -0.25) is 4.90 Å². The van der Waals surface area contributed by atoms with Crippen molar-refractivity contribution in [2.45, 2.75) is 19.0 Å². The van der Waals surface area contributed by atoms with Gasteiger partial charge in [0.25, 0.3) is 5.19 Å². The monoisotopic (exact) mass is 394 g/mol. The molecule has 144 valence electrons. The normalized spacial score (nSPS) is 21.9. The minimum Gasteiger partial charge on any atom is -0.431 e. The zero-order valence-corrected chi connectivity index (χ0v) is 16.3. The minimum atomic E-state index is -0.300. The zero-order valence-electron chi connectivity index (χ0n) is 15.5. The molecule has 2 aromatic carbocycles. The van der Waals surface area contributed by atoms with Crippen molar-refractivity contribution < 1.29 is 9.53 Å². The van der Waals surface area contributed by atoms with Crippen LogP contribution >= 0.6 is 11.3 Å². The van der Waals surface area contributed by atoms with Crippen molar-refractivity contribution in [1.82, 2.24) is 14.8 Å². The van der Waals surface area contributed by atoms with E-state index in [0.717, 1.165) is 48.6 Å². The number of nitrogens with zero attached hydrogens (tertiary/aromatic N) is 3. The number of rotatable bonds is 4. The Bertz CT molecular complexity index is 970. The topological polar surface area (TPSA) is 71.7 Å². The van der Waals surface area contributed by atoms with Crippen molar-refractivity contribution in [2.24, 2.45) is 11.7 Å². The summed E-state index contributed by atoms with van der Waals surface area (Å²) in [5.74, 6) is 1.34. The molecular weight excluding hydrogens is 372 g/mol. The number of primary amides is 1. The second-order valence-corrected chi connectivity index (χ2v) is 8.52. The van der Waals surface area contributed by atoms with E-state index in [0.29, 0.717) is 17.2 Å². The van der Waals surface area contributed by atoms with Crippen LogP contribution in [0, 0.1) is 5.92 Å². The van der Waals surface area contributed by atoms with Gasteiger partial charge in [-0.25, -0.2) is 9.78 Å². The van der Waals surface area contributed by atoms with Crippen molar-refractivity contribution >= 4 is 27.6 Å². The highest BCUT2D eigenvalue weighted by atomic mass is 32.1. The van der Waals surface area contributed by atoms with Crippen molar-refractivity contribution in [2.75, 3.05) is 19.6 Å². The molecule has 0 spiro atoms. The van der Waals surface area contributed by atoms with Crippen molar-refractivity contribution in [3.05, 3.63) is 54.1 Å². The standard InChI is InChI=1S/C21H22N4O2S/c22-20(26)25-12-15-9-10-24(18(15)13-25)11-14-5-7-16(8-6-14)27-21-23-17-3-1-2-4-19(17)28-21/h1-8,15,18H,9-13H2,(H2,22,26). The molecule has 0 bridgehead atoms. The lowest BCUT2D eigenvalue weighted by Crippen LogP contribution is -2.38. The Morgan fingerprint density at radius 1 is 1.18 bits per heavy atom. The molecule has 2 amide bonds. The fourth-order valence-electron chi connectivity index (χ4n) is 4.32. The third kappa shape index (κ3) is 3.31. The van der Waals surface area contributed by atoms with E-state index in [9.17, 15) is 4.79 Å². The van der Waals surface area contributed by atoms with Gasteiger partial charge in [0.05, 0.1) is 10.2 Å². The molecule has 2 aliphatic heterocycles. The molecule has 6 nitrogen and oxygen atoms in total. The van der Waals surface area contributed by atoms with Crippen LogP contribution in [-0.4, -0.2) is 46.5 Å². The molecule has 2 unspecified atom stereocenters. The molecule has 2 atom stereocenters. The number of likely N-dealkylation sites (tertiary alicyclic amines) is 2. The van der Waals surface area contributed by atoms with Crippen LogP contribution in [-0.2, 0) is 6.54 Å². The number of hydrogen-bond donors (Lipinski definition) is 1. The average molecular weight is 395 g/mol. The van der Waals surface area contributed by atoms with Crippen LogP contribution in [0.3, 0.4) is 0 Å². The van der Waals surface area contributed by atoms with Crippen LogP contribution in [0.2, 0.25) is 0 Å². The van der Waals surface area contributed by atoms with Crippen LogP contribution in [0.1, 0.15) is 12.0 Å². The van der Waals surface area contributed by atoms with Crippen LogP contribution < -0.4 is 10.5 Å². The fraction of sp³-hybridized carbons (Fsp3) is 0.333. The highest BCUT2D eigenvalue weighted by Gasteiger charge is 2.42. The molecule has 1 aromatic heterocycles. The van der Waals surface area contributed by atoms with Gasteiger partial charge < -0.3 is 15.4 Å². The number of aromatic nitrogens is 1. The van der Waals surface area contributed by atoms with Gasteiger partial charge in [-0.05, 0) is 48.7 Å². The average Bonchev–Trinajstić information content (AvgIpc) is 3.38. The largest absolute Gasteiger partial charge is 0.431 e. The lowest BCUT2D eigenvalue weighted by molar-refractivity contribution is 0.201. The Balaban J connectivity index is 1.24. The number of carbonyl (C=O) groups is 1. The summed E-state index contributed by atoms with van der Waals surface area (Å²) in [5.41, 5.74) is 7.66. The molecule has 0 aliphatic carbocycles. The number of nitrogens with two attached hydrogens (primary N) is 1. The minimum absolute atomic E-state index is 0.300. The quantitative estimate of drug-likeness (QED) is 0.733. The van der Waals surface area contributed by atoms with Gasteiger partial charge in [-0.1, -0.05) is 35.6 Å². The maximum absolute atomic E-state index is 11.5. The molecular formula is C21H22N4O2S. The maximum atomic E-state index is 11.5. The zero-order chi connectivity index (χ0) is 19.1. The van der Waals surface area contributed by atoms with Crippen LogP contribution in [0.15, 0.2) is 48.5 Å². The number of para-hydroxylation sites is 1. The maximum Gasteiger partial charge on any atom is 0.314 e. The molecule has 2 aliphatic rings. The number of urea groups is 1. The van der Waals surface area contributed by atoms with Crippen molar-refractivity contribution in [3.8, 4) is 10.9 Å². The van der Waals surface area contributed by atoms with Gasteiger partial charge in [0.15, 0.2) is 0 Å². The van der Waals surface area contributed by atoms with E-state index in [2.05, 4.69) is 28.1 Å². The Labute approximate surface area is 167 Å². The van der Waals surface area contributed by atoms with Gasteiger partial charge in [-0.15, -0.1) is 0 Å². The molecule has 0 saturated carbocycles. The summed E-state index contributed by atoms with van der Waals surface area (Å²) in [6, 6.07) is 16.4. The first-order valence-corrected chi connectivity index (χ1v) is 10.4. The van der Waals surface area contributed by atoms with E-state index in [1.807, 2.05) is 30.3 Å². The Kier molecular flexibility index (Phi) is 4.41. The molecule has 7 heteroatoms. The number of benzene rings is 2. The highest BCUT2D eigenvalue weighted by Crippen LogP contribution is 2.33. The fourth-order valence-corrected chi connectivity index (χ4v) is 5.15. The first-order valence-electron chi connectivity index (χ1n) is 9.56. The Hall–Kier alpha value is -2.64. The van der Waals surface area contributed by atoms with E-state index in [1.165, 1.54) is 5.56 Å². The summed E-state index contributed by atoms with van der Waals surface area (Å²) in [5, 5.41) is 0.661. The first kappa shape index (κ1) is 17.5. The van der Waals surface area contributed by atoms with E-state index in [1.54, 1.807) is 16.2 Å². The molecule has 2 N–H and O–H groups in total. The predicted molar refractivity (Wildman–Crippen MR) is 110 cm³/mol. The van der Waals surface area contributed by atoms with Gasteiger partial charge in [-0.2, -0.15) is 0 Å². The van der Waals surface area contributed by atoms with Crippen molar-refractivity contribution in [1.29, 1.82) is 0 Å². The van der Waals surface area contributed by atoms with Gasteiger partial charge in [0.2, 0.25) is 0 Å². The number of amides is 2. The van der Waals surface area contributed by atoms with Gasteiger partial charge in [0, 0.05) is 25.7 Å². The second-order valence-electron chi connectivity index (χ2n) is 7.52. The molecule has 0 radical (unpaired) electrons. The molecule has 2 fully saturated rings. The molecule has 5 rings (SSSR count). The Morgan fingerprint density at radius 3 is 2.79 bits per heavy atom. The van der Waals surface area contributed by atoms with E-state index in [4.69, 9.17) is 10.5 Å². The number of fused-ring (bicyclic) bond motifs is 2. The molecule has 3 heterocycles. The summed E-state index contributed by atoms with van der Waals surface area (Å²) < 4.78 is 7.06. The summed E-state index contributed by atoms with van der Waals surface area (Å²) in [7, 11) is 0. The first-order chi connectivity index (χ1) is 13.7. The lowest BCUT2D eigenvalue weighted by atomic mass is 10.0. The highest BCUT2D eigenvalue weighted by molar-refractivity contribution is 7.20. The summed E-state index contributed by atoms with van der Waals surface area (Å²) in [6.45, 7) is 3.51. The van der Waals surface area contributed by atoms with Gasteiger partial charge >= 0.3 is 6.03 Å². The number of ether oxygens (including phenoxy) is 1. The lowest BCUT2D eigenvalue weighted by Gasteiger charge is -2.24. The van der Waals surface area contributed by atoms with Crippen molar-refractivity contribution in [3.63, 3.8) is 0 Å². The SMILES string of the molecule is NC(=O)N1CC2CCN(Cc3ccc(Oc4nc5ccccc5s4)cc3)C2C1. The van der Waals surface area contributed by atoms with E-state index in [-0.39, 0.29) is 6.03 Å². The number of thiazole rings is 1. The summed E-state index contributed by atoms with van der Waals surface area (Å²) in [4.78, 5) is 20.2. The van der Waals surface area contributed by atoms with E-state index >= 15 is 0 Å². The Morgan fingerprint density at radius 2 is 2.00 bits per heavy atom. The predicted octanol–water partition coefficient (Wildman–Crippen LogP) is 3.67. The van der Waals surface area contributed by atoms with Crippen LogP contribution in [0.5, 0.6) is 10.9 Å². The van der Waals surface area contributed by atoms with Crippen LogP contribution in [0.4, 0.5) is 4.79 Å². The third-order valence-corrected chi connectivity index (χ3v) is 6.68. The smallest absolute Gasteiger partial charge is 0.314 e. The van der Waals surface area contributed by atoms with E-state index < -0.39 is 0 Å². The number of carbonyl (C=O) groups excluding carboxylic acids is 1. The van der Waals surface area contributed by atoms with Crippen LogP contribution in [0.25, 0.3) is 10.2 Å². The third-order valence-electron chi connectivity index (χ3n) is 5.76.